The fraction of sp³-hybridized carbons (Fsp3) is 0.647. The molecule has 1 aliphatic rings. The van der Waals surface area contributed by atoms with Crippen molar-refractivity contribution < 1.29 is 14.7 Å². The number of aliphatic hydroxyl groups is 1. The zero-order valence-corrected chi connectivity index (χ0v) is 14.6. The molecule has 0 bridgehead atoms. The van der Waals surface area contributed by atoms with Crippen molar-refractivity contribution in [2.24, 2.45) is 0 Å². The van der Waals surface area contributed by atoms with Crippen LogP contribution in [0.5, 0.6) is 0 Å². The summed E-state index contributed by atoms with van der Waals surface area (Å²) in [5.41, 5.74) is 1.07. The summed E-state index contributed by atoms with van der Waals surface area (Å²) in [6.07, 6.45) is 4.15. The predicted octanol–water partition coefficient (Wildman–Crippen LogP) is 2.25. The Morgan fingerprint density at radius 2 is 2.26 bits per heavy atom. The van der Waals surface area contributed by atoms with Crippen LogP contribution in [0.3, 0.4) is 0 Å². The van der Waals surface area contributed by atoms with E-state index in [0.717, 1.165) is 24.8 Å². The quantitative estimate of drug-likeness (QED) is 0.829. The first-order valence-corrected chi connectivity index (χ1v) is 9.29. The minimum atomic E-state index is -0.204. The molecular formula is C17H26N2O3S. The van der Waals surface area contributed by atoms with Crippen LogP contribution in [0.1, 0.15) is 44.6 Å². The van der Waals surface area contributed by atoms with Gasteiger partial charge in [0.1, 0.15) is 0 Å². The minimum absolute atomic E-state index is 0.0552. The Bertz CT molecular complexity index is 500. The molecule has 0 aromatic carbocycles. The SMILES string of the molecule is CC[C@H](CO)N(Cc1ccsc1)C(=O)CN1CCCCCC1=O. The molecule has 6 heteroatoms. The third-order valence-corrected chi connectivity index (χ3v) is 5.11. The Morgan fingerprint density at radius 1 is 1.43 bits per heavy atom. The van der Waals surface area contributed by atoms with Crippen LogP contribution >= 0.6 is 11.3 Å². The fourth-order valence-electron chi connectivity index (χ4n) is 2.91. The van der Waals surface area contributed by atoms with Gasteiger partial charge in [0, 0.05) is 19.5 Å². The summed E-state index contributed by atoms with van der Waals surface area (Å²) in [5, 5.41) is 13.6. The number of nitrogens with zero attached hydrogens (tertiary/aromatic N) is 2. The molecule has 0 radical (unpaired) electrons. The van der Waals surface area contributed by atoms with Gasteiger partial charge >= 0.3 is 0 Å². The van der Waals surface area contributed by atoms with E-state index >= 15 is 0 Å². The Hall–Kier alpha value is -1.40. The lowest BCUT2D eigenvalue weighted by Crippen LogP contribution is -2.47. The lowest BCUT2D eigenvalue weighted by Gasteiger charge is -2.32. The smallest absolute Gasteiger partial charge is 0.242 e. The molecule has 1 atom stereocenters. The summed E-state index contributed by atoms with van der Waals surface area (Å²) in [4.78, 5) is 28.3. The number of hydrogen-bond acceptors (Lipinski definition) is 4. The highest BCUT2D eigenvalue weighted by Gasteiger charge is 2.26. The van der Waals surface area contributed by atoms with Crippen molar-refractivity contribution in [3.63, 3.8) is 0 Å². The molecule has 1 aliphatic heterocycles. The van der Waals surface area contributed by atoms with E-state index in [0.29, 0.717) is 25.9 Å². The number of rotatable bonds is 7. The lowest BCUT2D eigenvalue weighted by molar-refractivity contribution is -0.142. The molecule has 2 heterocycles. The number of aliphatic hydroxyl groups excluding tert-OH is 1. The Labute approximate surface area is 141 Å². The summed E-state index contributed by atoms with van der Waals surface area (Å²) in [6, 6.07) is 1.79. The normalized spacial score (nSPS) is 17.0. The molecule has 2 amide bonds. The van der Waals surface area contributed by atoms with Crippen LogP contribution in [-0.2, 0) is 16.1 Å². The van der Waals surface area contributed by atoms with Crippen LogP contribution in [0.25, 0.3) is 0 Å². The maximum absolute atomic E-state index is 12.8. The topological polar surface area (TPSA) is 60.9 Å². The molecule has 1 N–H and O–H groups in total. The van der Waals surface area contributed by atoms with Crippen LogP contribution in [0, 0.1) is 0 Å². The van der Waals surface area contributed by atoms with Gasteiger partial charge < -0.3 is 14.9 Å². The summed E-state index contributed by atoms with van der Waals surface area (Å²) < 4.78 is 0. The zero-order chi connectivity index (χ0) is 16.7. The van der Waals surface area contributed by atoms with Crippen molar-refractivity contribution in [2.75, 3.05) is 19.7 Å². The van der Waals surface area contributed by atoms with Crippen LogP contribution < -0.4 is 0 Å². The van der Waals surface area contributed by atoms with Crippen molar-refractivity contribution in [3.05, 3.63) is 22.4 Å². The number of carbonyl (C=O) groups is 2. The monoisotopic (exact) mass is 338 g/mol. The standard InChI is InChI=1S/C17H26N2O3S/c1-2-15(12-20)19(10-14-7-9-23-13-14)17(22)11-18-8-5-3-4-6-16(18)21/h7,9,13,15,20H,2-6,8,10-12H2,1H3/t15-/m1/s1. The van der Waals surface area contributed by atoms with Gasteiger partial charge in [-0.2, -0.15) is 11.3 Å². The second-order valence-corrected chi connectivity index (χ2v) is 6.80. The van der Waals surface area contributed by atoms with E-state index in [-0.39, 0.29) is 31.0 Å². The minimum Gasteiger partial charge on any atom is -0.394 e. The highest BCUT2D eigenvalue weighted by molar-refractivity contribution is 7.07. The molecule has 2 rings (SSSR count). The average Bonchev–Trinajstić information content (AvgIpc) is 2.98. The number of amides is 2. The van der Waals surface area contributed by atoms with Crippen LogP contribution in [0.4, 0.5) is 0 Å². The zero-order valence-electron chi connectivity index (χ0n) is 13.7. The number of carbonyl (C=O) groups excluding carboxylic acids is 2. The summed E-state index contributed by atoms with van der Waals surface area (Å²) in [7, 11) is 0. The van der Waals surface area contributed by atoms with Gasteiger partial charge in [0.15, 0.2) is 0 Å². The first-order valence-electron chi connectivity index (χ1n) is 8.34. The molecule has 0 unspecified atom stereocenters. The van der Waals surface area contributed by atoms with E-state index in [9.17, 15) is 14.7 Å². The second kappa shape index (κ2) is 9.03. The van der Waals surface area contributed by atoms with Gasteiger partial charge in [0.25, 0.3) is 0 Å². The summed E-state index contributed by atoms with van der Waals surface area (Å²) in [5.74, 6) is -0.00395. The summed E-state index contributed by atoms with van der Waals surface area (Å²) in [6.45, 7) is 3.18. The Morgan fingerprint density at radius 3 is 2.91 bits per heavy atom. The van der Waals surface area contributed by atoms with Crippen LogP contribution in [0.15, 0.2) is 16.8 Å². The molecule has 0 aliphatic carbocycles. The largest absolute Gasteiger partial charge is 0.394 e. The Balaban J connectivity index is 2.06. The van der Waals surface area contributed by atoms with E-state index in [4.69, 9.17) is 0 Å². The maximum Gasteiger partial charge on any atom is 0.242 e. The van der Waals surface area contributed by atoms with Crippen molar-refractivity contribution in [1.29, 1.82) is 0 Å². The molecule has 1 aromatic rings. The third kappa shape index (κ3) is 5.04. The second-order valence-electron chi connectivity index (χ2n) is 6.02. The van der Waals surface area contributed by atoms with Crippen molar-refractivity contribution in [3.8, 4) is 0 Å². The maximum atomic E-state index is 12.8. The molecular weight excluding hydrogens is 312 g/mol. The van der Waals surface area contributed by atoms with Crippen LogP contribution in [0.2, 0.25) is 0 Å². The van der Waals surface area contributed by atoms with Gasteiger partial charge in [-0.25, -0.2) is 0 Å². The van der Waals surface area contributed by atoms with E-state index in [1.165, 1.54) is 0 Å². The van der Waals surface area contributed by atoms with E-state index in [1.54, 1.807) is 21.1 Å². The predicted molar refractivity (Wildman–Crippen MR) is 91.1 cm³/mol. The first-order chi connectivity index (χ1) is 11.2. The molecule has 1 fully saturated rings. The fourth-order valence-corrected chi connectivity index (χ4v) is 3.57. The van der Waals surface area contributed by atoms with Gasteiger partial charge in [0.05, 0.1) is 19.2 Å². The third-order valence-electron chi connectivity index (χ3n) is 4.37. The van der Waals surface area contributed by atoms with Gasteiger partial charge in [-0.05, 0) is 41.7 Å². The molecule has 1 aromatic heterocycles. The Kier molecular flexibility index (Phi) is 7.05. The van der Waals surface area contributed by atoms with E-state index in [2.05, 4.69) is 0 Å². The van der Waals surface area contributed by atoms with Crippen molar-refractivity contribution in [2.45, 2.75) is 51.6 Å². The highest BCUT2D eigenvalue weighted by Crippen LogP contribution is 2.16. The van der Waals surface area contributed by atoms with Gasteiger partial charge in [0.2, 0.25) is 11.8 Å². The number of thiophene rings is 1. The number of likely N-dealkylation sites (tertiary alicyclic amines) is 1. The molecule has 5 nitrogen and oxygen atoms in total. The van der Waals surface area contributed by atoms with Crippen molar-refractivity contribution in [1.82, 2.24) is 9.80 Å². The number of hydrogen-bond donors (Lipinski definition) is 1. The molecule has 1 saturated heterocycles. The molecule has 23 heavy (non-hydrogen) atoms. The molecule has 0 spiro atoms. The molecule has 0 saturated carbocycles. The van der Waals surface area contributed by atoms with Gasteiger partial charge in [-0.1, -0.05) is 13.3 Å². The molecule has 128 valence electrons. The van der Waals surface area contributed by atoms with Crippen molar-refractivity contribution >= 4 is 23.2 Å². The summed E-state index contributed by atoms with van der Waals surface area (Å²) >= 11 is 1.59. The highest BCUT2D eigenvalue weighted by atomic mass is 32.1. The van der Waals surface area contributed by atoms with Gasteiger partial charge in [-0.3, -0.25) is 9.59 Å². The van der Waals surface area contributed by atoms with Crippen LogP contribution in [-0.4, -0.2) is 52.5 Å². The lowest BCUT2D eigenvalue weighted by atomic mass is 10.1. The van der Waals surface area contributed by atoms with Gasteiger partial charge in [-0.15, -0.1) is 0 Å². The van der Waals surface area contributed by atoms with E-state index < -0.39 is 0 Å². The van der Waals surface area contributed by atoms with E-state index in [1.807, 2.05) is 23.8 Å². The average molecular weight is 338 g/mol. The first kappa shape index (κ1) is 17.9.